The van der Waals surface area contributed by atoms with Crippen LogP contribution in [-0.2, 0) is 13.1 Å². The van der Waals surface area contributed by atoms with Gasteiger partial charge in [-0.1, -0.05) is 35.5 Å². The van der Waals surface area contributed by atoms with E-state index in [-0.39, 0.29) is 0 Å². The van der Waals surface area contributed by atoms with Crippen molar-refractivity contribution in [2.75, 3.05) is 14.1 Å². The van der Waals surface area contributed by atoms with Crippen molar-refractivity contribution in [1.82, 2.24) is 25.3 Å². The Bertz CT molecular complexity index is 779. The van der Waals surface area contributed by atoms with E-state index in [1.165, 1.54) is 0 Å². The third kappa shape index (κ3) is 3.81. The number of H-pyrrole nitrogens is 1. The number of guanidine groups is 1. The molecule has 0 saturated heterocycles. The fourth-order valence-corrected chi connectivity index (χ4v) is 2.39. The highest BCUT2D eigenvalue weighted by atomic mass is 16.5. The standard InChI is InChI=1S/C17H20N6O/c1-18-17(20-10-14-8-9-24-22-14)23(2)12-16-19-11-15(21-16)13-6-4-3-5-7-13/h3-9,11H,10,12H2,1-2H3,(H,18,20)(H,19,21). The topological polar surface area (TPSA) is 82.3 Å². The Morgan fingerprint density at radius 1 is 1.29 bits per heavy atom. The van der Waals surface area contributed by atoms with Crippen molar-refractivity contribution >= 4 is 5.96 Å². The molecule has 0 unspecified atom stereocenters. The lowest BCUT2D eigenvalue weighted by molar-refractivity contribution is 0.408. The monoisotopic (exact) mass is 324 g/mol. The van der Waals surface area contributed by atoms with Crippen LogP contribution in [0, 0.1) is 0 Å². The van der Waals surface area contributed by atoms with Crippen molar-refractivity contribution in [3.63, 3.8) is 0 Å². The molecule has 0 aliphatic rings. The first-order valence-corrected chi connectivity index (χ1v) is 7.66. The SMILES string of the molecule is CN=C(NCc1ccon1)N(C)Cc1ncc(-c2ccccc2)[nH]1. The lowest BCUT2D eigenvalue weighted by Gasteiger charge is -2.20. The van der Waals surface area contributed by atoms with Crippen LogP contribution in [0.15, 0.2) is 58.4 Å². The first-order chi connectivity index (χ1) is 11.8. The molecular formula is C17H20N6O. The first kappa shape index (κ1) is 15.8. The molecule has 0 spiro atoms. The average Bonchev–Trinajstić information content (AvgIpc) is 3.28. The molecule has 0 radical (unpaired) electrons. The minimum absolute atomic E-state index is 0.556. The molecule has 0 atom stereocenters. The zero-order chi connectivity index (χ0) is 16.8. The summed E-state index contributed by atoms with van der Waals surface area (Å²) in [5.41, 5.74) is 2.95. The van der Waals surface area contributed by atoms with Crippen LogP contribution in [0.3, 0.4) is 0 Å². The van der Waals surface area contributed by atoms with E-state index in [0.29, 0.717) is 13.1 Å². The molecule has 0 aliphatic carbocycles. The Labute approximate surface area is 140 Å². The molecule has 124 valence electrons. The molecule has 7 nitrogen and oxygen atoms in total. The number of imidazole rings is 1. The normalized spacial score (nSPS) is 11.5. The third-order valence-electron chi connectivity index (χ3n) is 3.59. The van der Waals surface area contributed by atoms with Crippen molar-refractivity contribution in [1.29, 1.82) is 0 Å². The maximum Gasteiger partial charge on any atom is 0.194 e. The molecule has 0 bridgehead atoms. The Hall–Kier alpha value is -3.09. The van der Waals surface area contributed by atoms with Crippen molar-refractivity contribution in [2.45, 2.75) is 13.1 Å². The van der Waals surface area contributed by atoms with E-state index in [0.717, 1.165) is 28.7 Å². The van der Waals surface area contributed by atoms with Gasteiger partial charge in [-0.25, -0.2) is 4.98 Å². The summed E-state index contributed by atoms with van der Waals surface area (Å²) in [5, 5.41) is 7.12. The fraction of sp³-hybridized carbons (Fsp3) is 0.235. The number of aromatic amines is 1. The molecule has 7 heteroatoms. The largest absolute Gasteiger partial charge is 0.364 e. The Morgan fingerprint density at radius 2 is 2.12 bits per heavy atom. The van der Waals surface area contributed by atoms with Gasteiger partial charge in [0.2, 0.25) is 0 Å². The molecule has 0 saturated carbocycles. The maximum absolute atomic E-state index is 4.82. The van der Waals surface area contributed by atoms with Crippen molar-refractivity contribution in [2.24, 2.45) is 4.99 Å². The molecular weight excluding hydrogens is 304 g/mol. The Kier molecular flexibility index (Phi) is 4.90. The van der Waals surface area contributed by atoms with Gasteiger partial charge in [0.05, 0.1) is 25.0 Å². The van der Waals surface area contributed by atoms with Crippen LogP contribution >= 0.6 is 0 Å². The number of rotatable bonds is 5. The number of nitrogens with zero attached hydrogens (tertiary/aromatic N) is 4. The van der Waals surface area contributed by atoms with Gasteiger partial charge in [-0.3, -0.25) is 4.99 Å². The van der Waals surface area contributed by atoms with Gasteiger partial charge in [-0.15, -0.1) is 0 Å². The summed E-state index contributed by atoms with van der Waals surface area (Å²) < 4.78 is 4.82. The zero-order valence-electron chi connectivity index (χ0n) is 13.7. The lowest BCUT2D eigenvalue weighted by atomic mass is 10.2. The van der Waals surface area contributed by atoms with E-state index in [2.05, 4.69) is 37.6 Å². The average molecular weight is 324 g/mol. The molecule has 3 aromatic rings. The third-order valence-corrected chi connectivity index (χ3v) is 3.59. The van der Waals surface area contributed by atoms with Crippen molar-refractivity contribution in [3.05, 3.63) is 60.4 Å². The van der Waals surface area contributed by atoms with Gasteiger partial charge in [-0.2, -0.15) is 0 Å². The van der Waals surface area contributed by atoms with Crippen LogP contribution in [-0.4, -0.2) is 40.1 Å². The van der Waals surface area contributed by atoms with Gasteiger partial charge in [0, 0.05) is 20.2 Å². The van der Waals surface area contributed by atoms with Gasteiger partial charge in [0.15, 0.2) is 5.96 Å². The number of hydrogen-bond acceptors (Lipinski definition) is 4. The molecule has 2 N–H and O–H groups in total. The Morgan fingerprint density at radius 3 is 2.83 bits per heavy atom. The van der Waals surface area contributed by atoms with Gasteiger partial charge < -0.3 is 19.7 Å². The smallest absolute Gasteiger partial charge is 0.194 e. The molecule has 2 aromatic heterocycles. The van der Waals surface area contributed by atoms with Crippen LogP contribution in [0.4, 0.5) is 0 Å². The molecule has 2 heterocycles. The van der Waals surface area contributed by atoms with E-state index >= 15 is 0 Å². The van der Waals surface area contributed by atoms with Crippen LogP contribution in [0.5, 0.6) is 0 Å². The number of benzene rings is 1. The van der Waals surface area contributed by atoms with E-state index in [1.54, 1.807) is 13.3 Å². The second-order valence-corrected chi connectivity index (χ2v) is 5.36. The highest BCUT2D eigenvalue weighted by Gasteiger charge is 2.10. The van der Waals surface area contributed by atoms with Crippen molar-refractivity contribution in [3.8, 4) is 11.3 Å². The quantitative estimate of drug-likeness (QED) is 0.556. The lowest BCUT2D eigenvalue weighted by Crippen LogP contribution is -2.38. The summed E-state index contributed by atoms with van der Waals surface area (Å²) >= 11 is 0. The molecule has 0 aliphatic heterocycles. The fourth-order valence-electron chi connectivity index (χ4n) is 2.39. The van der Waals surface area contributed by atoms with Crippen LogP contribution < -0.4 is 5.32 Å². The van der Waals surface area contributed by atoms with Gasteiger partial charge in [0.1, 0.15) is 17.8 Å². The van der Waals surface area contributed by atoms with Crippen LogP contribution in [0.25, 0.3) is 11.3 Å². The minimum Gasteiger partial charge on any atom is -0.364 e. The van der Waals surface area contributed by atoms with Crippen LogP contribution in [0.1, 0.15) is 11.5 Å². The summed E-state index contributed by atoms with van der Waals surface area (Å²) in [6.45, 7) is 1.17. The second-order valence-electron chi connectivity index (χ2n) is 5.36. The second kappa shape index (κ2) is 7.45. The van der Waals surface area contributed by atoms with E-state index in [1.807, 2.05) is 42.4 Å². The van der Waals surface area contributed by atoms with E-state index in [4.69, 9.17) is 4.52 Å². The predicted molar refractivity (Wildman–Crippen MR) is 92.2 cm³/mol. The van der Waals surface area contributed by atoms with Crippen LogP contribution in [0.2, 0.25) is 0 Å². The maximum atomic E-state index is 4.82. The number of aliphatic imine (C=N–C) groups is 1. The predicted octanol–water partition coefficient (Wildman–Crippen LogP) is 2.27. The summed E-state index contributed by atoms with van der Waals surface area (Å²) in [6.07, 6.45) is 3.40. The summed E-state index contributed by atoms with van der Waals surface area (Å²) in [7, 11) is 3.71. The van der Waals surface area contributed by atoms with Crippen molar-refractivity contribution < 1.29 is 4.52 Å². The summed E-state index contributed by atoms with van der Waals surface area (Å²) in [5.74, 6) is 1.64. The van der Waals surface area contributed by atoms with Gasteiger partial charge in [-0.05, 0) is 5.56 Å². The summed E-state index contributed by atoms with van der Waals surface area (Å²) in [4.78, 5) is 14.1. The highest BCUT2D eigenvalue weighted by Crippen LogP contribution is 2.16. The molecule has 1 aromatic carbocycles. The number of hydrogen-bond donors (Lipinski definition) is 2. The Balaban J connectivity index is 1.61. The van der Waals surface area contributed by atoms with E-state index < -0.39 is 0 Å². The van der Waals surface area contributed by atoms with Gasteiger partial charge >= 0.3 is 0 Å². The number of aromatic nitrogens is 3. The molecule has 3 rings (SSSR count). The van der Waals surface area contributed by atoms with Gasteiger partial charge in [0.25, 0.3) is 0 Å². The molecule has 24 heavy (non-hydrogen) atoms. The summed E-state index contributed by atoms with van der Waals surface area (Å²) in [6, 6.07) is 12.0. The minimum atomic E-state index is 0.556. The highest BCUT2D eigenvalue weighted by molar-refractivity contribution is 5.79. The molecule has 0 fully saturated rings. The zero-order valence-corrected chi connectivity index (χ0v) is 13.7. The molecule has 0 amide bonds. The number of nitrogens with one attached hydrogen (secondary N) is 2. The van der Waals surface area contributed by atoms with E-state index in [9.17, 15) is 0 Å². The first-order valence-electron chi connectivity index (χ1n) is 7.66.